The first-order chi connectivity index (χ1) is 6.65. The number of carbonyl (C=O) groups excluding carboxylic acids is 1. The highest BCUT2D eigenvalue weighted by atomic mass is 16.6. The summed E-state index contributed by atoms with van der Waals surface area (Å²) in [7, 11) is 0. The first-order valence-corrected chi connectivity index (χ1v) is 5.10. The van der Waals surface area contributed by atoms with Gasteiger partial charge in [0.1, 0.15) is 0 Å². The Bertz CT molecular complexity index is 221. The Hall–Kier alpha value is -0.830. The van der Waals surface area contributed by atoms with Crippen molar-refractivity contribution < 1.29 is 14.3 Å². The van der Waals surface area contributed by atoms with Crippen molar-refractivity contribution in [3.05, 3.63) is 12.2 Å². The van der Waals surface area contributed by atoms with Crippen LogP contribution in [0.3, 0.4) is 0 Å². The molecule has 2 atom stereocenters. The SMILES string of the molecule is CC=CC(=O)OCCC1OC1C(C)C. The standard InChI is InChI=1S/C11H18O3/c1-4-5-10(12)13-7-6-9-11(14-9)8(2)3/h4-5,8-9,11H,6-7H2,1-3H3. The van der Waals surface area contributed by atoms with Crippen LogP contribution in [0.5, 0.6) is 0 Å². The molecule has 0 aromatic rings. The number of rotatable bonds is 5. The van der Waals surface area contributed by atoms with Crippen LogP contribution >= 0.6 is 0 Å². The molecule has 0 radical (unpaired) electrons. The average molecular weight is 198 g/mol. The van der Waals surface area contributed by atoms with E-state index in [4.69, 9.17) is 9.47 Å². The number of hydrogen-bond donors (Lipinski definition) is 0. The fourth-order valence-electron chi connectivity index (χ4n) is 1.44. The van der Waals surface area contributed by atoms with Crippen LogP contribution in [0.4, 0.5) is 0 Å². The van der Waals surface area contributed by atoms with Gasteiger partial charge in [-0.2, -0.15) is 0 Å². The van der Waals surface area contributed by atoms with E-state index in [1.54, 1.807) is 13.0 Å². The van der Waals surface area contributed by atoms with Crippen LogP contribution in [-0.4, -0.2) is 24.8 Å². The van der Waals surface area contributed by atoms with E-state index < -0.39 is 0 Å². The van der Waals surface area contributed by atoms with Gasteiger partial charge in [0.05, 0.1) is 18.8 Å². The quantitative estimate of drug-likeness (QED) is 0.385. The summed E-state index contributed by atoms with van der Waals surface area (Å²) in [6.07, 6.45) is 4.58. The number of epoxide rings is 1. The summed E-state index contributed by atoms with van der Waals surface area (Å²) in [6.45, 7) is 6.52. The molecule has 1 saturated heterocycles. The summed E-state index contributed by atoms with van der Waals surface area (Å²) in [5.74, 6) is 0.292. The zero-order chi connectivity index (χ0) is 10.6. The van der Waals surface area contributed by atoms with Gasteiger partial charge < -0.3 is 9.47 Å². The molecule has 14 heavy (non-hydrogen) atoms. The lowest BCUT2D eigenvalue weighted by Gasteiger charge is -2.00. The molecule has 1 heterocycles. The van der Waals surface area contributed by atoms with Crippen LogP contribution in [0.2, 0.25) is 0 Å². The smallest absolute Gasteiger partial charge is 0.330 e. The van der Waals surface area contributed by atoms with Crippen molar-refractivity contribution in [2.75, 3.05) is 6.61 Å². The highest BCUT2D eigenvalue weighted by Crippen LogP contribution is 2.31. The van der Waals surface area contributed by atoms with Gasteiger partial charge in [0.2, 0.25) is 0 Å². The maximum atomic E-state index is 10.9. The third-order valence-corrected chi connectivity index (χ3v) is 2.23. The fourth-order valence-corrected chi connectivity index (χ4v) is 1.44. The predicted octanol–water partition coefficient (Wildman–Crippen LogP) is 1.92. The second kappa shape index (κ2) is 5.15. The first-order valence-electron chi connectivity index (χ1n) is 5.10. The van der Waals surface area contributed by atoms with E-state index in [0.717, 1.165) is 6.42 Å². The summed E-state index contributed by atoms with van der Waals surface area (Å²) in [4.78, 5) is 10.9. The molecule has 0 spiro atoms. The lowest BCUT2D eigenvalue weighted by molar-refractivity contribution is -0.137. The molecule has 80 valence electrons. The molecule has 1 aliphatic heterocycles. The number of esters is 1. The van der Waals surface area contributed by atoms with Gasteiger partial charge in [-0.1, -0.05) is 19.9 Å². The Morgan fingerprint density at radius 2 is 2.29 bits per heavy atom. The summed E-state index contributed by atoms with van der Waals surface area (Å²) in [5.41, 5.74) is 0. The molecule has 0 saturated carbocycles. The Balaban J connectivity index is 2.04. The molecule has 0 bridgehead atoms. The summed E-state index contributed by atoms with van der Waals surface area (Å²) in [6, 6.07) is 0. The molecule has 2 unspecified atom stereocenters. The van der Waals surface area contributed by atoms with Crippen molar-refractivity contribution in [3.63, 3.8) is 0 Å². The van der Waals surface area contributed by atoms with Crippen LogP contribution in [-0.2, 0) is 14.3 Å². The van der Waals surface area contributed by atoms with Crippen molar-refractivity contribution in [1.82, 2.24) is 0 Å². The van der Waals surface area contributed by atoms with Crippen molar-refractivity contribution in [2.24, 2.45) is 5.92 Å². The minimum Gasteiger partial charge on any atom is -0.462 e. The van der Waals surface area contributed by atoms with Gasteiger partial charge in [-0.15, -0.1) is 0 Å². The van der Waals surface area contributed by atoms with Crippen LogP contribution in [0.25, 0.3) is 0 Å². The molecule has 0 N–H and O–H groups in total. The molecule has 0 aromatic carbocycles. The first kappa shape index (κ1) is 11.2. The van der Waals surface area contributed by atoms with E-state index in [1.807, 2.05) is 0 Å². The fraction of sp³-hybridized carbons (Fsp3) is 0.727. The van der Waals surface area contributed by atoms with Crippen molar-refractivity contribution in [2.45, 2.75) is 39.4 Å². The summed E-state index contributed by atoms with van der Waals surface area (Å²) >= 11 is 0. The van der Waals surface area contributed by atoms with Gasteiger partial charge >= 0.3 is 5.97 Å². The number of ether oxygens (including phenoxy) is 2. The highest BCUT2D eigenvalue weighted by Gasteiger charge is 2.40. The van der Waals surface area contributed by atoms with Crippen molar-refractivity contribution >= 4 is 5.97 Å². The lowest BCUT2D eigenvalue weighted by Crippen LogP contribution is -2.08. The molecule has 1 aliphatic rings. The second-order valence-electron chi connectivity index (χ2n) is 3.84. The molecular weight excluding hydrogens is 180 g/mol. The largest absolute Gasteiger partial charge is 0.462 e. The maximum absolute atomic E-state index is 10.9. The molecule has 0 aromatic heterocycles. The predicted molar refractivity (Wildman–Crippen MR) is 53.9 cm³/mol. The van der Waals surface area contributed by atoms with E-state index in [1.165, 1.54) is 6.08 Å². The number of allylic oxidation sites excluding steroid dienone is 1. The van der Waals surface area contributed by atoms with Gasteiger partial charge in [0.25, 0.3) is 0 Å². The number of hydrogen-bond acceptors (Lipinski definition) is 3. The monoisotopic (exact) mass is 198 g/mol. The van der Waals surface area contributed by atoms with E-state index in [9.17, 15) is 4.79 Å². The van der Waals surface area contributed by atoms with Crippen molar-refractivity contribution in [3.8, 4) is 0 Å². The lowest BCUT2D eigenvalue weighted by atomic mass is 10.1. The van der Waals surface area contributed by atoms with Crippen LogP contribution < -0.4 is 0 Å². The Kier molecular flexibility index (Phi) is 4.14. The molecule has 0 aliphatic carbocycles. The van der Waals surface area contributed by atoms with E-state index in [2.05, 4.69) is 13.8 Å². The Labute approximate surface area is 85.1 Å². The molecule has 3 nitrogen and oxygen atoms in total. The van der Waals surface area contributed by atoms with Gasteiger partial charge in [0, 0.05) is 12.5 Å². The van der Waals surface area contributed by atoms with E-state index in [-0.39, 0.29) is 5.97 Å². The average Bonchev–Trinajstić information content (AvgIpc) is 2.84. The zero-order valence-corrected chi connectivity index (χ0v) is 9.03. The van der Waals surface area contributed by atoms with Crippen LogP contribution in [0.1, 0.15) is 27.2 Å². The molecule has 1 fully saturated rings. The summed E-state index contributed by atoms with van der Waals surface area (Å²) < 4.78 is 10.4. The summed E-state index contributed by atoms with van der Waals surface area (Å²) in [5, 5.41) is 0. The molecule has 3 heteroatoms. The van der Waals surface area contributed by atoms with E-state index in [0.29, 0.717) is 24.7 Å². The molecule has 0 amide bonds. The molecule has 1 rings (SSSR count). The Morgan fingerprint density at radius 1 is 1.57 bits per heavy atom. The maximum Gasteiger partial charge on any atom is 0.330 e. The van der Waals surface area contributed by atoms with Crippen LogP contribution in [0, 0.1) is 5.92 Å². The molecular formula is C11H18O3. The minimum absolute atomic E-state index is 0.269. The third-order valence-electron chi connectivity index (χ3n) is 2.23. The third kappa shape index (κ3) is 3.50. The normalized spacial score (nSPS) is 25.7. The Morgan fingerprint density at radius 3 is 2.79 bits per heavy atom. The highest BCUT2D eigenvalue weighted by molar-refractivity contribution is 5.81. The second-order valence-corrected chi connectivity index (χ2v) is 3.84. The van der Waals surface area contributed by atoms with Gasteiger partial charge in [0.15, 0.2) is 0 Å². The van der Waals surface area contributed by atoms with E-state index >= 15 is 0 Å². The van der Waals surface area contributed by atoms with Gasteiger partial charge in [-0.25, -0.2) is 4.79 Å². The van der Waals surface area contributed by atoms with Gasteiger partial charge in [-0.3, -0.25) is 0 Å². The number of carbonyl (C=O) groups is 1. The zero-order valence-electron chi connectivity index (χ0n) is 9.03. The van der Waals surface area contributed by atoms with Crippen molar-refractivity contribution in [1.29, 1.82) is 0 Å². The minimum atomic E-state index is -0.269. The van der Waals surface area contributed by atoms with Crippen LogP contribution in [0.15, 0.2) is 12.2 Å². The topological polar surface area (TPSA) is 38.8 Å². The van der Waals surface area contributed by atoms with Gasteiger partial charge in [-0.05, 0) is 12.8 Å².